The predicted octanol–water partition coefficient (Wildman–Crippen LogP) is 4.41. The molecule has 0 fully saturated rings. The summed E-state index contributed by atoms with van der Waals surface area (Å²) in [5.74, 6) is -0.219. The van der Waals surface area contributed by atoms with E-state index >= 15 is 0 Å². The maximum atomic E-state index is 12.1. The first-order chi connectivity index (χ1) is 8.98. The first-order valence-corrected chi connectivity index (χ1v) is 6.70. The molecule has 7 heteroatoms. The number of unbranched alkanes of at least 4 members (excludes halogenated alkanes) is 1. The Balaban J connectivity index is 2.14. The quantitative estimate of drug-likeness (QED) is 0.828. The highest BCUT2D eigenvalue weighted by atomic mass is 32.1. The highest BCUT2D eigenvalue weighted by Gasteiger charge is 2.31. The summed E-state index contributed by atoms with van der Waals surface area (Å²) < 4.78 is 40.9. The molecule has 0 saturated carbocycles. The van der Waals surface area contributed by atoms with Crippen molar-refractivity contribution in [3.05, 3.63) is 18.2 Å². The molecule has 1 N–H and O–H groups in total. The van der Waals surface area contributed by atoms with Crippen molar-refractivity contribution in [3.63, 3.8) is 0 Å². The summed E-state index contributed by atoms with van der Waals surface area (Å²) in [5, 5.41) is 3.86. The zero-order valence-electron chi connectivity index (χ0n) is 10.3. The Morgan fingerprint density at radius 2 is 2.16 bits per heavy atom. The molecule has 0 bridgehead atoms. The highest BCUT2D eigenvalue weighted by molar-refractivity contribution is 7.22. The Kier molecular flexibility index (Phi) is 4.14. The number of nitrogens with zero attached hydrogens (tertiary/aromatic N) is 1. The van der Waals surface area contributed by atoms with Crippen molar-refractivity contribution in [1.82, 2.24) is 4.98 Å². The molecule has 0 radical (unpaired) electrons. The molecule has 1 aromatic heterocycles. The molecular formula is C12H13F3N2OS. The lowest BCUT2D eigenvalue weighted by Gasteiger charge is -2.07. The molecule has 0 aliphatic carbocycles. The Bertz CT molecular complexity index is 553. The van der Waals surface area contributed by atoms with E-state index < -0.39 is 6.36 Å². The maximum Gasteiger partial charge on any atom is 0.573 e. The van der Waals surface area contributed by atoms with Crippen molar-refractivity contribution < 1.29 is 17.9 Å². The lowest BCUT2D eigenvalue weighted by Crippen LogP contribution is -2.16. The van der Waals surface area contributed by atoms with Gasteiger partial charge in [0.05, 0.1) is 10.2 Å². The van der Waals surface area contributed by atoms with Crippen LogP contribution in [0.4, 0.5) is 18.3 Å². The number of anilines is 1. The van der Waals surface area contributed by atoms with E-state index in [1.54, 1.807) is 0 Å². The minimum atomic E-state index is -4.67. The summed E-state index contributed by atoms with van der Waals surface area (Å²) in [6.07, 6.45) is -2.57. The number of alkyl halides is 3. The number of thiazole rings is 1. The van der Waals surface area contributed by atoms with E-state index in [1.807, 2.05) is 0 Å². The van der Waals surface area contributed by atoms with Gasteiger partial charge < -0.3 is 10.1 Å². The average Bonchev–Trinajstić information content (AvgIpc) is 2.69. The highest BCUT2D eigenvalue weighted by Crippen LogP contribution is 2.31. The number of aromatic nitrogens is 1. The third-order valence-corrected chi connectivity index (χ3v) is 3.38. The third-order valence-electron chi connectivity index (χ3n) is 2.40. The number of hydrogen-bond donors (Lipinski definition) is 1. The van der Waals surface area contributed by atoms with Crippen LogP contribution in [0, 0.1) is 0 Å². The summed E-state index contributed by atoms with van der Waals surface area (Å²) in [7, 11) is 0. The molecule has 0 amide bonds. The zero-order chi connectivity index (χ0) is 13.9. The fraction of sp³-hybridized carbons (Fsp3) is 0.417. The summed E-state index contributed by atoms with van der Waals surface area (Å²) >= 11 is 1.32. The molecule has 104 valence electrons. The topological polar surface area (TPSA) is 34.2 Å². The van der Waals surface area contributed by atoms with Crippen LogP contribution in [0.25, 0.3) is 10.2 Å². The largest absolute Gasteiger partial charge is 0.573 e. The van der Waals surface area contributed by atoms with Gasteiger partial charge in [-0.25, -0.2) is 4.98 Å². The Labute approximate surface area is 112 Å². The van der Waals surface area contributed by atoms with Crippen LogP contribution in [0.15, 0.2) is 18.2 Å². The van der Waals surface area contributed by atoms with Crippen LogP contribution in [-0.4, -0.2) is 17.9 Å². The molecule has 1 aromatic carbocycles. The average molecular weight is 290 g/mol. The number of fused-ring (bicyclic) bond motifs is 1. The Hall–Kier alpha value is -1.50. The van der Waals surface area contributed by atoms with Crippen LogP contribution >= 0.6 is 11.3 Å². The fourth-order valence-electron chi connectivity index (χ4n) is 1.55. The van der Waals surface area contributed by atoms with Gasteiger partial charge in [-0.1, -0.05) is 24.7 Å². The summed E-state index contributed by atoms with van der Waals surface area (Å²) in [6.45, 7) is 2.89. The van der Waals surface area contributed by atoms with E-state index in [9.17, 15) is 13.2 Å². The molecular weight excluding hydrogens is 277 g/mol. The van der Waals surface area contributed by atoms with Gasteiger partial charge in [-0.05, 0) is 18.6 Å². The van der Waals surface area contributed by atoms with Crippen molar-refractivity contribution in [2.75, 3.05) is 11.9 Å². The molecule has 3 nitrogen and oxygen atoms in total. The number of ether oxygens (including phenoxy) is 1. The zero-order valence-corrected chi connectivity index (χ0v) is 11.1. The van der Waals surface area contributed by atoms with Crippen molar-refractivity contribution in [2.45, 2.75) is 26.1 Å². The van der Waals surface area contributed by atoms with Crippen LogP contribution in [-0.2, 0) is 0 Å². The Morgan fingerprint density at radius 1 is 1.37 bits per heavy atom. The van der Waals surface area contributed by atoms with E-state index in [2.05, 4.69) is 22.0 Å². The number of nitrogens with one attached hydrogen (secondary N) is 1. The second-order valence-electron chi connectivity index (χ2n) is 3.98. The lowest BCUT2D eigenvalue weighted by molar-refractivity contribution is -0.274. The summed E-state index contributed by atoms with van der Waals surface area (Å²) in [5.41, 5.74) is 0.665. The first kappa shape index (κ1) is 13.9. The first-order valence-electron chi connectivity index (χ1n) is 5.88. The van der Waals surface area contributed by atoms with Crippen molar-refractivity contribution >= 4 is 26.7 Å². The predicted molar refractivity (Wildman–Crippen MR) is 69.7 cm³/mol. The molecule has 0 spiro atoms. The number of benzene rings is 1. The van der Waals surface area contributed by atoms with Gasteiger partial charge in [0.25, 0.3) is 0 Å². The monoisotopic (exact) mass is 290 g/mol. The minimum Gasteiger partial charge on any atom is -0.406 e. The molecule has 0 aliphatic heterocycles. The third kappa shape index (κ3) is 3.99. The molecule has 2 aromatic rings. The Morgan fingerprint density at radius 3 is 2.84 bits per heavy atom. The normalized spacial score (nSPS) is 11.8. The minimum absolute atomic E-state index is 0.219. The van der Waals surface area contributed by atoms with Gasteiger partial charge in [-0.15, -0.1) is 13.2 Å². The van der Waals surface area contributed by atoms with Gasteiger partial charge in [0.15, 0.2) is 5.13 Å². The van der Waals surface area contributed by atoms with Crippen LogP contribution in [0.2, 0.25) is 0 Å². The standard InChI is InChI=1S/C12H13F3N2OS/c1-2-3-6-16-11-17-9-5-4-8(7-10(9)19-11)18-12(13,14)15/h4-5,7H,2-3,6H2,1H3,(H,16,17). The molecule has 2 rings (SSSR count). The van der Waals surface area contributed by atoms with Gasteiger partial charge in [0.1, 0.15) is 5.75 Å². The van der Waals surface area contributed by atoms with Crippen molar-refractivity contribution in [3.8, 4) is 5.75 Å². The van der Waals surface area contributed by atoms with E-state index in [4.69, 9.17) is 0 Å². The molecule has 0 unspecified atom stereocenters. The molecule has 19 heavy (non-hydrogen) atoms. The van der Waals surface area contributed by atoms with E-state index in [0.717, 1.165) is 19.4 Å². The van der Waals surface area contributed by atoms with Crippen molar-refractivity contribution in [1.29, 1.82) is 0 Å². The molecule has 0 saturated heterocycles. The van der Waals surface area contributed by atoms with Crippen LogP contribution in [0.5, 0.6) is 5.75 Å². The summed E-state index contributed by atoms with van der Waals surface area (Å²) in [4.78, 5) is 4.29. The second-order valence-corrected chi connectivity index (χ2v) is 5.01. The molecule has 0 atom stereocenters. The van der Waals surface area contributed by atoms with Crippen LogP contribution in [0.3, 0.4) is 0 Å². The van der Waals surface area contributed by atoms with Gasteiger partial charge in [-0.3, -0.25) is 0 Å². The smallest absolute Gasteiger partial charge is 0.406 e. The number of rotatable bonds is 5. The number of halogens is 3. The van der Waals surface area contributed by atoms with E-state index in [-0.39, 0.29) is 5.75 Å². The van der Waals surface area contributed by atoms with Crippen LogP contribution < -0.4 is 10.1 Å². The van der Waals surface area contributed by atoms with Crippen molar-refractivity contribution in [2.24, 2.45) is 0 Å². The van der Waals surface area contributed by atoms with Gasteiger partial charge >= 0.3 is 6.36 Å². The van der Waals surface area contributed by atoms with Crippen LogP contribution in [0.1, 0.15) is 19.8 Å². The SMILES string of the molecule is CCCCNc1nc2ccc(OC(F)(F)F)cc2s1. The van der Waals surface area contributed by atoms with Gasteiger partial charge in [0, 0.05) is 12.6 Å². The fourth-order valence-corrected chi connectivity index (χ4v) is 2.47. The number of hydrogen-bond acceptors (Lipinski definition) is 4. The van der Waals surface area contributed by atoms with Gasteiger partial charge in [-0.2, -0.15) is 0 Å². The summed E-state index contributed by atoms with van der Waals surface area (Å²) in [6, 6.07) is 4.15. The lowest BCUT2D eigenvalue weighted by atomic mass is 10.3. The molecule has 1 heterocycles. The van der Waals surface area contributed by atoms with E-state index in [0.29, 0.717) is 15.3 Å². The molecule has 0 aliphatic rings. The van der Waals surface area contributed by atoms with E-state index in [1.165, 1.54) is 29.5 Å². The second kappa shape index (κ2) is 5.64. The maximum absolute atomic E-state index is 12.1. The van der Waals surface area contributed by atoms with Gasteiger partial charge in [0.2, 0.25) is 0 Å².